The van der Waals surface area contributed by atoms with Crippen molar-refractivity contribution in [3.05, 3.63) is 19.3 Å². The average Bonchev–Trinajstić information content (AvgIpc) is 2.17. The van der Waals surface area contributed by atoms with Gasteiger partial charge in [-0.2, -0.15) is 0 Å². The molecule has 0 radical (unpaired) electrons. The summed E-state index contributed by atoms with van der Waals surface area (Å²) in [5, 5.41) is 6.36. The van der Waals surface area contributed by atoms with E-state index in [2.05, 4.69) is 24.3 Å². The van der Waals surface area contributed by atoms with Crippen LogP contribution in [0.15, 0.2) is 12.3 Å². The number of rotatable bonds is 5. The largest absolute Gasteiger partial charge is 3.00 e. The molecule has 0 amide bonds. The molecule has 0 saturated heterocycles. The van der Waals surface area contributed by atoms with Crippen LogP contribution in [0.3, 0.4) is 0 Å². The van der Waals surface area contributed by atoms with E-state index in [1.807, 2.05) is 6.92 Å². The van der Waals surface area contributed by atoms with Gasteiger partial charge in [-0.05, 0) is 51.0 Å². The first-order chi connectivity index (χ1) is 6.72. The van der Waals surface area contributed by atoms with Gasteiger partial charge >= 0.3 is 32.7 Å². The zero-order valence-corrected chi connectivity index (χ0v) is 12.7. The van der Waals surface area contributed by atoms with Crippen molar-refractivity contribution in [2.75, 3.05) is 13.1 Å². The van der Waals surface area contributed by atoms with Gasteiger partial charge in [0.15, 0.2) is 0 Å². The summed E-state index contributed by atoms with van der Waals surface area (Å²) in [6, 6.07) is 0. The number of hydrogen-bond donors (Lipinski definition) is 2. The van der Waals surface area contributed by atoms with Gasteiger partial charge in [0.05, 0.1) is 0 Å². The van der Waals surface area contributed by atoms with Crippen molar-refractivity contribution in [1.29, 1.82) is 0 Å². The van der Waals surface area contributed by atoms with Gasteiger partial charge in [0.25, 0.3) is 0 Å². The summed E-state index contributed by atoms with van der Waals surface area (Å²) in [5.41, 5.74) is 1.09. The van der Waals surface area contributed by atoms with Crippen LogP contribution in [0.5, 0.6) is 0 Å². The van der Waals surface area contributed by atoms with Gasteiger partial charge in [0.1, 0.15) is 0 Å². The number of hydrogen-bond acceptors (Lipinski definition) is 2. The molecule has 3 heteroatoms. The maximum Gasteiger partial charge on any atom is 3.00 e. The molecule has 15 heavy (non-hydrogen) atoms. The molecule has 82 valence electrons. The minimum atomic E-state index is 0. The molecule has 0 aromatic rings. The van der Waals surface area contributed by atoms with Crippen LogP contribution < -0.4 is 10.6 Å². The third-order valence-electron chi connectivity index (χ3n) is 3.09. The molecule has 1 rings (SSSR count). The van der Waals surface area contributed by atoms with Gasteiger partial charge in [-0.1, -0.05) is 6.58 Å². The van der Waals surface area contributed by atoms with E-state index in [9.17, 15) is 0 Å². The third-order valence-corrected chi connectivity index (χ3v) is 3.09. The molecule has 0 atom stereocenters. The molecule has 1 aliphatic rings. The zero-order chi connectivity index (χ0) is 10.4. The molecular weight excluding hydrogens is 261 g/mol. The first kappa shape index (κ1) is 15.6. The standard InChI is InChI=1S/C12H23N2.Y/c1-10(2)14-9-12-6-4-11(5-7-12)8-13-3;/h11-14H,1,3-9H2,2H3;/q-1;+3. The molecule has 1 saturated carbocycles. The second-order valence-electron chi connectivity index (χ2n) is 4.50. The van der Waals surface area contributed by atoms with Crippen molar-refractivity contribution >= 4 is 0 Å². The van der Waals surface area contributed by atoms with Gasteiger partial charge in [-0.3, -0.25) is 7.05 Å². The van der Waals surface area contributed by atoms with Gasteiger partial charge in [-0.15, -0.1) is 0 Å². The van der Waals surface area contributed by atoms with Crippen molar-refractivity contribution in [2.45, 2.75) is 32.6 Å². The van der Waals surface area contributed by atoms with E-state index < -0.39 is 0 Å². The number of allylic oxidation sites excluding steroid dienone is 1. The zero-order valence-electron chi connectivity index (χ0n) is 9.89. The summed E-state index contributed by atoms with van der Waals surface area (Å²) in [6.45, 7) is 8.08. The van der Waals surface area contributed by atoms with Crippen molar-refractivity contribution < 1.29 is 32.7 Å². The molecule has 1 fully saturated rings. The molecule has 2 N–H and O–H groups in total. The Morgan fingerprint density at radius 1 is 1.20 bits per heavy atom. The van der Waals surface area contributed by atoms with Crippen LogP contribution in [0, 0.1) is 18.9 Å². The van der Waals surface area contributed by atoms with Crippen LogP contribution in [0.25, 0.3) is 0 Å². The van der Waals surface area contributed by atoms with Crippen LogP contribution in [0.4, 0.5) is 0 Å². The van der Waals surface area contributed by atoms with E-state index in [1.165, 1.54) is 25.7 Å². The van der Waals surface area contributed by atoms with E-state index in [-0.39, 0.29) is 32.7 Å². The van der Waals surface area contributed by atoms with Gasteiger partial charge < -0.3 is 10.6 Å². The summed E-state index contributed by atoms with van der Waals surface area (Å²) in [7, 11) is 3.68. The fourth-order valence-corrected chi connectivity index (χ4v) is 2.16. The summed E-state index contributed by atoms with van der Waals surface area (Å²) >= 11 is 0. The van der Waals surface area contributed by atoms with Crippen LogP contribution in [0.1, 0.15) is 32.6 Å². The Morgan fingerprint density at radius 2 is 1.67 bits per heavy atom. The Labute approximate surface area is 120 Å². The van der Waals surface area contributed by atoms with Gasteiger partial charge in [0, 0.05) is 12.2 Å². The Hall–Kier alpha value is 0.604. The molecule has 0 aliphatic heterocycles. The minimum Gasteiger partial charge on any atom is -0.472 e. The first-order valence-electron chi connectivity index (χ1n) is 5.61. The third kappa shape index (κ3) is 6.70. The predicted molar refractivity (Wildman–Crippen MR) is 61.6 cm³/mol. The quantitative estimate of drug-likeness (QED) is 0.757. The van der Waals surface area contributed by atoms with E-state index >= 15 is 0 Å². The monoisotopic (exact) mass is 284 g/mol. The minimum absolute atomic E-state index is 0. The molecular formula is C12H23N2Y+2. The fraction of sp³-hybridized carbons (Fsp3) is 0.750. The molecule has 0 bridgehead atoms. The Balaban J connectivity index is 0.00000196. The molecule has 1 aliphatic carbocycles. The van der Waals surface area contributed by atoms with Gasteiger partial charge in [-0.25, -0.2) is 0 Å². The van der Waals surface area contributed by atoms with Gasteiger partial charge in [0.2, 0.25) is 0 Å². The van der Waals surface area contributed by atoms with Crippen molar-refractivity contribution in [2.24, 2.45) is 11.8 Å². The van der Waals surface area contributed by atoms with Crippen LogP contribution in [-0.2, 0) is 32.7 Å². The topological polar surface area (TPSA) is 24.1 Å². The smallest absolute Gasteiger partial charge is 0.472 e. The molecule has 2 nitrogen and oxygen atoms in total. The van der Waals surface area contributed by atoms with E-state index in [4.69, 9.17) is 0 Å². The predicted octanol–water partition coefficient (Wildman–Crippen LogP) is 2.29. The molecule has 0 heterocycles. The Morgan fingerprint density at radius 3 is 2.07 bits per heavy atom. The normalized spacial score (nSPS) is 25.5. The fourth-order valence-electron chi connectivity index (χ4n) is 2.16. The van der Waals surface area contributed by atoms with E-state index in [0.29, 0.717) is 0 Å². The number of nitrogens with one attached hydrogen (secondary N) is 2. The second-order valence-corrected chi connectivity index (χ2v) is 4.50. The maximum atomic E-state index is 3.85. The van der Waals surface area contributed by atoms with Crippen molar-refractivity contribution in [3.63, 3.8) is 0 Å². The molecule has 0 aromatic heterocycles. The average molecular weight is 284 g/mol. The van der Waals surface area contributed by atoms with Crippen LogP contribution in [0.2, 0.25) is 0 Å². The van der Waals surface area contributed by atoms with Crippen LogP contribution >= 0.6 is 0 Å². The molecule has 0 unspecified atom stereocenters. The Bertz CT molecular complexity index is 174. The van der Waals surface area contributed by atoms with Crippen molar-refractivity contribution in [1.82, 2.24) is 10.6 Å². The summed E-state index contributed by atoms with van der Waals surface area (Å²) in [6.07, 6.45) is 5.41. The van der Waals surface area contributed by atoms with E-state index in [1.54, 1.807) is 0 Å². The molecule has 0 spiro atoms. The Kier molecular flexibility index (Phi) is 9.07. The van der Waals surface area contributed by atoms with E-state index in [0.717, 1.165) is 30.6 Å². The SMILES string of the molecule is C=C(C)NCC1CCC(CN[CH2-])CC1.[Y+3]. The summed E-state index contributed by atoms with van der Waals surface area (Å²) < 4.78 is 0. The van der Waals surface area contributed by atoms with Crippen LogP contribution in [-0.4, -0.2) is 13.1 Å². The molecule has 0 aromatic carbocycles. The maximum absolute atomic E-state index is 3.85. The second kappa shape index (κ2) is 8.72. The first-order valence-corrected chi connectivity index (χ1v) is 5.61. The summed E-state index contributed by atoms with van der Waals surface area (Å²) in [5.74, 6) is 1.71. The van der Waals surface area contributed by atoms with Crippen molar-refractivity contribution in [3.8, 4) is 0 Å². The summed E-state index contributed by atoms with van der Waals surface area (Å²) in [4.78, 5) is 0.